The number of benzene rings is 2. The summed E-state index contributed by atoms with van der Waals surface area (Å²) in [6, 6.07) is 19.8. The van der Waals surface area contributed by atoms with Crippen molar-refractivity contribution in [1.82, 2.24) is 0 Å². The van der Waals surface area contributed by atoms with E-state index in [2.05, 4.69) is 0 Å². The van der Waals surface area contributed by atoms with Gasteiger partial charge in [0.25, 0.3) is 0 Å². The minimum Gasteiger partial charge on any atom is -0.385 e. The van der Waals surface area contributed by atoms with Gasteiger partial charge in [-0.15, -0.1) is 0 Å². The van der Waals surface area contributed by atoms with Crippen molar-refractivity contribution < 1.29 is 28.8 Å². The van der Waals surface area contributed by atoms with Crippen LogP contribution in [-0.4, -0.2) is 56.6 Å². The quantitative estimate of drug-likeness (QED) is 0.712. The molecule has 0 spiro atoms. The fraction of sp³-hybridized carbons (Fsp3) is 0.455. The molecule has 1 N–H and O–H groups in total. The summed E-state index contributed by atoms with van der Waals surface area (Å²) in [6.45, 7) is 1.14. The van der Waals surface area contributed by atoms with Crippen LogP contribution in [0.4, 0.5) is 0 Å². The summed E-state index contributed by atoms with van der Waals surface area (Å²) in [5, 5.41) is 10.5. The first-order valence-corrected chi connectivity index (χ1v) is 9.39. The molecule has 0 radical (unpaired) electrons. The monoisotopic (exact) mass is 388 g/mol. The molecule has 2 aromatic carbocycles. The van der Waals surface area contributed by atoms with Gasteiger partial charge < -0.3 is 28.8 Å². The molecule has 1 saturated heterocycles. The third-order valence-electron chi connectivity index (χ3n) is 4.80. The van der Waals surface area contributed by atoms with Crippen LogP contribution in [0.3, 0.4) is 0 Å². The van der Waals surface area contributed by atoms with Crippen molar-refractivity contribution in [2.45, 2.75) is 43.9 Å². The maximum absolute atomic E-state index is 10.5. The van der Waals surface area contributed by atoms with Gasteiger partial charge in [0.1, 0.15) is 24.4 Å². The van der Waals surface area contributed by atoms with Crippen molar-refractivity contribution in [3.63, 3.8) is 0 Å². The zero-order valence-electron chi connectivity index (χ0n) is 16.3. The molecular formula is C22H28O6. The molecule has 6 nitrogen and oxygen atoms in total. The Hall–Kier alpha value is -1.80. The van der Waals surface area contributed by atoms with Crippen molar-refractivity contribution >= 4 is 0 Å². The van der Waals surface area contributed by atoms with Gasteiger partial charge >= 0.3 is 0 Å². The van der Waals surface area contributed by atoms with Gasteiger partial charge in [-0.05, 0) is 11.1 Å². The fourth-order valence-electron chi connectivity index (χ4n) is 3.33. The number of hydrogen-bond donors (Lipinski definition) is 1. The van der Waals surface area contributed by atoms with E-state index in [4.69, 9.17) is 23.7 Å². The molecule has 28 heavy (non-hydrogen) atoms. The lowest BCUT2D eigenvalue weighted by Crippen LogP contribution is -2.60. The normalized spacial score (nSPS) is 27.6. The minimum atomic E-state index is -0.957. The van der Waals surface area contributed by atoms with Gasteiger partial charge in [0.2, 0.25) is 0 Å². The Labute approximate surface area is 165 Å². The van der Waals surface area contributed by atoms with Gasteiger partial charge in [0.15, 0.2) is 6.29 Å². The van der Waals surface area contributed by atoms with Crippen LogP contribution in [0.2, 0.25) is 0 Å². The summed E-state index contributed by atoms with van der Waals surface area (Å²) in [5.41, 5.74) is 2.11. The summed E-state index contributed by atoms with van der Waals surface area (Å²) in [4.78, 5) is 0. The molecule has 1 heterocycles. The molecule has 1 aliphatic heterocycles. The van der Waals surface area contributed by atoms with E-state index in [1.807, 2.05) is 60.7 Å². The number of hydrogen-bond acceptors (Lipinski definition) is 6. The Balaban J connectivity index is 1.66. The highest BCUT2D eigenvalue weighted by atomic mass is 16.7. The van der Waals surface area contributed by atoms with E-state index in [1.165, 1.54) is 7.11 Å². The van der Waals surface area contributed by atoms with Crippen LogP contribution in [-0.2, 0) is 36.9 Å². The Bertz CT molecular complexity index is 680. The highest BCUT2D eigenvalue weighted by molar-refractivity contribution is 5.14. The second kappa shape index (κ2) is 10.7. The van der Waals surface area contributed by atoms with Crippen LogP contribution < -0.4 is 0 Å². The Morgan fingerprint density at radius 1 is 0.821 bits per heavy atom. The van der Waals surface area contributed by atoms with Crippen LogP contribution >= 0.6 is 0 Å². The molecule has 0 bridgehead atoms. The number of rotatable bonds is 9. The van der Waals surface area contributed by atoms with E-state index >= 15 is 0 Å². The molecule has 0 saturated carbocycles. The summed E-state index contributed by atoms with van der Waals surface area (Å²) in [6.07, 6.45) is -3.28. The predicted molar refractivity (Wildman–Crippen MR) is 104 cm³/mol. The van der Waals surface area contributed by atoms with Gasteiger partial charge in [0.05, 0.1) is 19.8 Å². The fourth-order valence-corrected chi connectivity index (χ4v) is 3.33. The van der Waals surface area contributed by atoms with Crippen LogP contribution in [0, 0.1) is 0 Å². The number of aliphatic hydroxyl groups is 1. The molecular weight excluding hydrogens is 360 g/mol. The van der Waals surface area contributed by atoms with Crippen molar-refractivity contribution in [3.05, 3.63) is 71.8 Å². The highest BCUT2D eigenvalue weighted by Crippen LogP contribution is 2.27. The lowest BCUT2D eigenvalue weighted by molar-refractivity contribution is -0.308. The first kappa shape index (κ1) is 20.9. The van der Waals surface area contributed by atoms with Crippen LogP contribution in [0.25, 0.3) is 0 Å². The van der Waals surface area contributed by atoms with Crippen molar-refractivity contribution in [2.24, 2.45) is 0 Å². The average Bonchev–Trinajstić information content (AvgIpc) is 2.74. The molecule has 2 aromatic rings. The summed E-state index contributed by atoms with van der Waals surface area (Å²) in [7, 11) is 3.04. The summed E-state index contributed by atoms with van der Waals surface area (Å²) in [5.74, 6) is 0. The Kier molecular flexibility index (Phi) is 7.97. The smallest absolute Gasteiger partial charge is 0.186 e. The summed E-state index contributed by atoms with van der Waals surface area (Å²) >= 11 is 0. The number of aliphatic hydroxyl groups excluding tert-OH is 1. The standard InChI is InChI=1S/C22H28O6/c1-24-21-19(23)22(25-2)28-18(15-26-13-16-9-5-3-6-10-16)20(21)27-14-17-11-7-4-8-12-17/h3-12,18-23H,13-15H2,1-2H3/t18-,19+,20+,21+,22-/m1/s1. The molecule has 0 unspecified atom stereocenters. The summed E-state index contributed by atoms with van der Waals surface area (Å²) < 4.78 is 28.7. The average molecular weight is 388 g/mol. The van der Waals surface area contributed by atoms with Gasteiger partial charge in [-0.3, -0.25) is 0 Å². The van der Waals surface area contributed by atoms with Crippen molar-refractivity contribution in [2.75, 3.05) is 20.8 Å². The molecule has 1 fully saturated rings. The lowest BCUT2D eigenvalue weighted by atomic mass is 9.98. The molecule has 0 aromatic heterocycles. The van der Waals surface area contributed by atoms with E-state index in [9.17, 15) is 5.11 Å². The maximum Gasteiger partial charge on any atom is 0.186 e. The Morgan fingerprint density at radius 3 is 2.00 bits per heavy atom. The van der Waals surface area contributed by atoms with Gasteiger partial charge in [-0.2, -0.15) is 0 Å². The van der Waals surface area contributed by atoms with Gasteiger partial charge in [0, 0.05) is 14.2 Å². The molecule has 1 aliphatic rings. The van der Waals surface area contributed by atoms with Gasteiger partial charge in [-0.25, -0.2) is 0 Å². The molecule has 152 valence electrons. The molecule has 5 atom stereocenters. The van der Waals surface area contributed by atoms with Crippen LogP contribution in [0.1, 0.15) is 11.1 Å². The van der Waals surface area contributed by atoms with E-state index in [-0.39, 0.29) is 0 Å². The predicted octanol–water partition coefficient (Wildman–Crippen LogP) is 2.54. The first-order valence-electron chi connectivity index (χ1n) is 9.39. The first-order chi connectivity index (χ1) is 13.7. The SMILES string of the molecule is CO[C@@H]1O[C@H](COCc2ccccc2)[C@H](OCc2ccccc2)[C@@H](OC)[C@@H]1O. The Morgan fingerprint density at radius 2 is 1.43 bits per heavy atom. The van der Waals surface area contributed by atoms with Crippen molar-refractivity contribution in [3.8, 4) is 0 Å². The van der Waals surface area contributed by atoms with E-state index in [0.29, 0.717) is 19.8 Å². The minimum absolute atomic E-state index is 0.292. The second-order valence-corrected chi connectivity index (χ2v) is 6.73. The van der Waals surface area contributed by atoms with E-state index in [1.54, 1.807) is 7.11 Å². The van der Waals surface area contributed by atoms with E-state index < -0.39 is 30.7 Å². The van der Waals surface area contributed by atoms with Crippen LogP contribution in [0.15, 0.2) is 60.7 Å². The largest absolute Gasteiger partial charge is 0.385 e. The van der Waals surface area contributed by atoms with Crippen LogP contribution in [0.5, 0.6) is 0 Å². The lowest BCUT2D eigenvalue weighted by Gasteiger charge is -2.43. The van der Waals surface area contributed by atoms with Gasteiger partial charge in [-0.1, -0.05) is 60.7 Å². The maximum atomic E-state index is 10.5. The molecule has 6 heteroatoms. The molecule has 0 aliphatic carbocycles. The second-order valence-electron chi connectivity index (χ2n) is 6.73. The topological polar surface area (TPSA) is 66.4 Å². The third-order valence-corrected chi connectivity index (χ3v) is 4.80. The zero-order chi connectivity index (χ0) is 19.8. The highest BCUT2D eigenvalue weighted by Gasteiger charge is 2.46. The zero-order valence-corrected chi connectivity index (χ0v) is 16.3. The number of ether oxygens (including phenoxy) is 5. The van der Waals surface area contributed by atoms with E-state index in [0.717, 1.165) is 11.1 Å². The number of methoxy groups -OCH3 is 2. The molecule has 0 amide bonds. The molecule has 3 rings (SSSR count). The third kappa shape index (κ3) is 5.38. The van der Waals surface area contributed by atoms with Crippen molar-refractivity contribution in [1.29, 1.82) is 0 Å².